The van der Waals surface area contributed by atoms with Gasteiger partial charge in [-0.15, -0.1) is 11.8 Å². The van der Waals surface area contributed by atoms with Gasteiger partial charge in [-0.05, 0) is 50.4 Å². The molecule has 0 saturated heterocycles. The van der Waals surface area contributed by atoms with Crippen molar-refractivity contribution >= 4 is 40.7 Å². The van der Waals surface area contributed by atoms with Gasteiger partial charge in [-0.1, -0.05) is 23.2 Å². The molecule has 5 heteroatoms. The van der Waals surface area contributed by atoms with Gasteiger partial charge in [-0.25, -0.2) is 0 Å². The second-order valence-electron chi connectivity index (χ2n) is 5.22. The molecule has 0 aliphatic rings. The summed E-state index contributed by atoms with van der Waals surface area (Å²) in [6.45, 7) is 4.30. The number of halogens is 2. The Bertz CT molecular complexity index is 661. The Morgan fingerprint density at radius 1 is 1.05 bits per heavy atom. The quantitative estimate of drug-likeness (QED) is 0.579. The normalized spacial score (nSPS) is 10.9. The van der Waals surface area contributed by atoms with Crippen LogP contribution in [0.4, 0.5) is 5.69 Å². The highest BCUT2D eigenvalue weighted by atomic mass is 35.5. The summed E-state index contributed by atoms with van der Waals surface area (Å²) in [6.07, 6.45) is 2.06. The Hall–Kier alpha value is -1.03. The highest BCUT2D eigenvalue weighted by molar-refractivity contribution is 7.98. The van der Waals surface area contributed by atoms with E-state index in [-0.39, 0.29) is 0 Å². The van der Waals surface area contributed by atoms with Crippen LogP contribution in [0.15, 0.2) is 41.3 Å². The van der Waals surface area contributed by atoms with Crippen molar-refractivity contribution < 1.29 is 4.74 Å². The van der Waals surface area contributed by atoms with Crippen molar-refractivity contribution in [3.63, 3.8) is 0 Å². The summed E-state index contributed by atoms with van der Waals surface area (Å²) in [5, 5.41) is 1.00. The highest BCUT2D eigenvalue weighted by Gasteiger charge is 2.13. The molecule has 0 unspecified atom stereocenters. The average Bonchev–Trinajstić information content (AvgIpc) is 2.50. The molecule has 2 nitrogen and oxygen atoms in total. The third-order valence-corrected chi connectivity index (χ3v) is 4.90. The van der Waals surface area contributed by atoms with Crippen molar-refractivity contribution in [1.82, 2.24) is 0 Å². The molecule has 2 aromatic carbocycles. The Kier molecular flexibility index (Phi) is 5.90. The van der Waals surface area contributed by atoms with E-state index in [0.29, 0.717) is 21.8 Å². The number of anilines is 1. The van der Waals surface area contributed by atoms with E-state index in [9.17, 15) is 0 Å². The van der Waals surface area contributed by atoms with E-state index in [0.717, 1.165) is 11.4 Å². The Morgan fingerprint density at radius 2 is 1.77 bits per heavy atom. The summed E-state index contributed by atoms with van der Waals surface area (Å²) in [5.41, 5.74) is 1.05. The lowest BCUT2D eigenvalue weighted by Gasteiger charge is -2.26. The van der Waals surface area contributed by atoms with E-state index in [1.807, 2.05) is 12.1 Å². The number of hydrogen-bond acceptors (Lipinski definition) is 3. The molecule has 22 heavy (non-hydrogen) atoms. The van der Waals surface area contributed by atoms with E-state index in [2.05, 4.69) is 44.2 Å². The van der Waals surface area contributed by atoms with Crippen molar-refractivity contribution in [2.24, 2.45) is 0 Å². The molecule has 2 rings (SSSR count). The van der Waals surface area contributed by atoms with Crippen LogP contribution in [0.5, 0.6) is 11.5 Å². The van der Waals surface area contributed by atoms with Crippen LogP contribution in [0, 0.1) is 0 Å². The van der Waals surface area contributed by atoms with E-state index in [1.54, 1.807) is 23.9 Å². The van der Waals surface area contributed by atoms with Crippen molar-refractivity contribution in [3.05, 3.63) is 46.4 Å². The molecule has 0 N–H and O–H groups in total. The highest BCUT2D eigenvalue weighted by Crippen LogP contribution is 2.37. The molecule has 118 valence electrons. The van der Waals surface area contributed by atoms with Crippen LogP contribution in [0.1, 0.15) is 13.8 Å². The van der Waals surface area contributed by atoms with Crippen LogP contribution in [0.3, 0.4) is 0 Å². The lowest BCUT2D eigenvalue weighted by molar-refractivity contribution is 0.480. The molecule has 0 aromatic heterocycles. The number of rotatable bonds is 5. The molecular weight excluding hydrogens is 337 g/mol. The summed E-state index contributed by atoms with van der Waals surface area (Å²) >= 11 is 13.7. The minimum Gasteiger partial charge on any atom is -0.455 e. The number of thioether (sulfide) groups is 1. The predicted octanol–water partition coefficient (Wildman–Crippen LogP) is 6.35. The first-order valence-electron chi connectivity index (χ1n) is 6.96. The molecule has 0 saturated carbocycles. The average molecular weight is 356 g/mol. The lowest BCUT2D eigenvalue weighted by atomic mass is 10.2. The van der Waals surface area contributed by atoms with Gasteiger partial charge in [-0.3, -0.25) is 0 Å². The van der Waals surface area contributed by atoms with Crippen molar-refractivity contribution in [3.8, 4) is 11.5 Å². The third kappa shape index (κ3) is 4.03. The minimum absolute atomic E-state index is 0.369. The molecule has 2 aromatic rings. The second kappa shape index (κ2) is 7.49. The molecule has 0 radical (unpaired) electrons. The molecule has 0 aliphatic carbocycles. The van der Waals surface area contributed by atoms with Gasteiger partial charge in [-0.2, -0.15) is 0 Å². The first-order chi connectivity index (χ1) is 10.4. The van der Waals surface area contributed by atoms with E-state index >= 15 is 0 Å². The maximum atomic E-state index is 6.05. The molecule has 0 amide bonds. The summed E-state index contributed by atoms with van der Waals surface area (Å²) in [4.78, 5) is 3.39. The van der Waals surface area contributed by atoms with Gasteiger partial charge in [0.2, 0.25) is 0 Å². The summed E-state index contributed by atoms with van der Waals surface area (Å²) in [6, 6.07) is 11.8. The number of ether oxygens (including phenoxy) is 1. The summed E-state index contributed by atoms with van der Waals surface area (Å²) in [7, 11) is 2.06. The largest absolute Gasteiger partial charge is 0.455 e. The smallest absolute Gasteiger partial charge is 0.150 e. The topological polar surface area (TPSA) is 12.5 Å². The van der Waals surface area contributed by atoms with Crippen LogP contribution in [0.25, 0.3) is 0 Å². The first kappa shape index (κ1) is 17.3. The zero-order valence-corrected chi connectivity index (χ0v) is 15.4. The fourth-order valence-corrected chi connectivity index (χ4v) is 2.65. The van der Waals surface area contributed by atoms with Crippen LogP contribution >= 0.6 is 35.0 Å². The van der Waals surface area contributed by atoms with Crippen molar-refractivity contribution in [2.75, 3.05) is 18.2 Å². The zero-order valence-electron chi connectivity index (χ0n) is 13.1. The number of benzene rings is 2. The van der Waals surface area contributed by atoms with Gasteiger partial charge >= 0.3 is 0 Å². The maximum absolute atomic E-state index is 6.05. The van der Waals surface area contributed by atoms with E-state index in [1.165, 1.54) is 4.90 Å². The number of nitrogens with zero attached hydrogens (tertiary/aromatic N) is 1. The molecular formula is C17H19Cl2NOS. The molecule has 0 spiro atoms. The standard InChI is InChI=1S/C17H19Cl2NOS/c1-11(2)20(3)16-10-13(22-4)6-8-17(16)21-12-5-7-14(18)15(19)9-12/h5-11H,1-4H3. The first-order valence-corrected chi connectivity index (χ1v) is 8.94. The van der Waals surface area contributed by atoms with Crippen molar-refractivity contribution in [1.29, 1.82) is 0 Å². The molecule has 0 fully saturated rings. The van der Waals surface area contributed by atoms with Crippen LogP contribution in [-0.2, 0) is 0 Å². The monoisotopic (exact) mass is 355 g/mol. The van der Waals surface area contributed by atoms with E-state index < -0.39 is 0 Å². The minimum atomic E-state index is 0.369. The zero-order chi connectivity index (χ0) is 16.3. The van der Waals surface area contributed by atoms with Gasteiger partial charge in [0, 0.05) is 24.1 Å². The van der Waals surface area contributed by atoms with Gasteiger partial charge in [0.1, 0.15) is 5.75 Å². The second-order valence-corrected chi connectivity index (χ2v) is 6.91. The summed E-state index contributed by atoms with van der Waals surface area (Å²) < 4.78 is 6.02. The fourth-order valence-electron chi connectivity index (χ4n) is 1.93. The lowest BCUT2D eigenvalue weighted by Crippen LogP contribution is -2.26. The van der Waals surface area contributed by atoms with Gasteiger partial charge in [0.25, 0.3) is 0 Å². The van der Waals surface area contributed by atoms with Gasteiger partial charge < -0.3 is 9.64 Å². The Balaban J connectivity index is 2.38. The molecule has 0 heterocycles. The van der Waals surface area contributed by atoms with Crippen LogP contribution in [0.2, 0.25) is 10.0 Å². The SMILES string of the molecule is CSc1ccc(Oc2ccc(Cl)c(Cl)c2)c(N(C)C(C)C)c1. The molecule has 0 bridgehead atoms. The summed E-state index contributed by atoms with van der Waals surface area (Å²) in [5.74, 6) is 1.47. The van der Waals surface area contributed by atoms with Crippen LogP contribution in [-0.4, -0.2) is 19.3 Å². The maximum Gasteiger partial charge on any atom is 0.150 e. The van der Waals surface area contributed by atoms with E-state index in [4.69, 9.17) is 27.9 Å². The Labute approximate surface area is 146 Å². The van der Waals surface area contributed by atoms with Crippen molar-refractivity contribution in [2.45, 2.75) is 24.8 Å². The van der Waals surface area contributed by atoms with Gasteiger partial charge in [0.15, 0.2) is 5.75 Å². The molecule has 0 atom stereocenters. The Morgan fingerprint density at radius 3 is 2.36 bits per heavy atom. The fraction of sp³-hybridized carbons (Fsp3) is 0.294. The predicted molar refractivity (Wildman–Crippen MR) is 98.3 cm³/mol. The third-order valence-electron chi connectivity index (χ3n) is 3.44. The number of hydrogen-bond donors (Lipinski definition) is 0. The van der Waals surface area contributed by atoms with Gasteiger partial charge in [0.05, 0.1) is 15.7 Å². The van der Waals surface area contributed by atoms with Crippen LogP contribution < -0.4 is 9.64 Å². The molecule has 0 aliphatic heterocycles.